The Morgan fingerprint density at radius 3 is 2.68 bits per heavy atom. The van der Waals surface area contributed by atoms with Crippen molar-refractivity contribution < 1.29 is 4.74 Å². The zero-order valence-corrected chi connectivity index (χ0v) is 12.2. The third-order valence-electron chi connectivity index (χ3n) is 3.34. The van der Waals surface area contributed by atoms with Gasteiger partial charge in [0.05, 0.1) is 5.69 Å². The number of fused-ring (bicyclic) bond motifs is 1. The molecule has 1 aromatic heterocycles. The van der Waals surface area contributed by atoms with Gasteiger partial charge >= 0.3 is 0 Å². The van der Waals surface area contributed by atoms with E-state index in [1.54, 1.807) is 0 Å². The van der Waals surface area contributed by atoms with Crippen LogP contribution in [0.5, 0.6) is 5.88 Å². The molecule has 2 rings (SSSR count). The van der Waals surface area contributed by atoms with Gasteiger partial charge < -0.3 is 10.1 Å². The monoisotopic (exact) mass is 258 g/mol. The van der Waals surface area contributed by atoms with Crippen LogP contribution in [0, 0.1) is 0 Å². The summed E-state index contributed by atoms with van der Waals surface area (Å²) in [6.45, 7) is 7.05. The van der Waals surface area contributed by atoms with Gasteiger partial charge in [-0.3, -0.25) is 0 Å². The Bertz CT molecular complexity index is 564. The SMILES string of the molecule is CCC(C)(C)Oc1nc(CNC)cc2ccccc12. The number of ether oxygens (including phenoxy) is 1. The molecule has 0 aliphatic carbocycles. The van der Waals surface area contributed by atoms with Crippen LogP contribution in [0.1, 0.15) is 32.9 Å². The fourth-order valence-electron chi connectivity index (χ4n) is 1.90. The van der Waals surface area contributed by atoms with Gasteiger partial charge in [-0.05, 0) is 44.8 Å². The molecule has 1 aromatic carbocycles. The van der Waals surface area contributed by atoms with Gasteiger partial charge in [-0.1, -0.05) is 25.1 Å². The van der Waals surface area contributed by atoms with Crippen LogP contribution < -0.4 is 10.1 Å². The summed E-state index contributed by atoms with van der Waals surface area (Å²) >= 11 is 0. The van der Waals surface area contributed by atoms with Crippen LogP contribution in [0.3, 0.4) is 0 Å². The van der Waals surface area contributed by atoms with E-state index in [9.17, 15) is 0 Å². The fraction of sp³-hybridized carbons (Fsp3) is 0.438. The highest BCUT2D eigenvalue weighted by Gasteiger charge is 2.19. The quantitative estimate of drug-likeness (QED) is 0.891. The van der Waals surface area contributed by atoms with Crippen LogP contribution in [0.15, 0.2) is 30.3 Å². The zero-order chi connectivity index (χ0) is 13.9. The number of rotatable bonds is 5. The molecular weight excluding hydrogens is 236 g/mol. The molecular formula is C16H22N2O. The highest BCUT2D eigenvalue weighted by atomic mass is 16.5. The van der Waals surface area contributed by atoms with Gasteiger partial charge in [-0.25, -0.2) is 4.98 Å². The Kier molecular flexibility index (Phi) is 4.05. The minimum atomic E-state index is -0.200. The first kappa shape index (κ1) is 13.8. The minimum absolute atomic E-state index is 0.200. The number of nitrogens with one attached hydrogen (secondary N) is 1. The van der Waals surface area contributed by atoms with Crippen molar-refractivity contribution in [3.63, 3.8) is 0 Å². The Morgan fingerprint density at radius 2 is 2.00 bits per heavy atom. The number of hydrogen-bond acceptors (Lipinski definition) is 3. The minimum Gasteiger partial charge on any atom is -0.471 e. The smallest absolute Gasteiger partial charge is 0.222 e. The molecule has 0 bridgehead atoms. The molecule has 1 heterocycles. The van der Waals surface area contributed by atoms with Gasteiger partial charge in [0, 0.05) is 11.9 Å². The number of pyridine rings is 1. The summed E-state index contributed by atoms with van der Waals surface area (Å²) in [5, 5.41) is 5.38. The highest BCUT2D eigenvalue weighted by Crippen LogP contribution is 2.28. The molecule has 1 N–H and O–H groups in total. The Balaban J connectivity index is 2.50. The molecule has 0 saturated heterocycles. The van der Waals surface area contributed by atoms with Gasteiger partial charge in [-0.15, -0.1) is 0 Å². The summed E-state index contributed by atoms with van der Waals surface area (Å²) in [7, 11) is 1.92. The lowest BCUT2D eigenvalue weighted by Crippen LogP contribution is -2.27. The van der Waals surface area contributed by atoms with Crippen molar-refractivity contribution in [1.29, 1.82) is 0 Å². The van der Waals surface area contributed by atoms with Crippen LogP contribution >= 0.6 is 0 Å². The summed E-state index contributed by atoms with van der Waals surface area (Å²) in [5.74, 6) is 0.732. The molecule has 19 heavy (non-hydrogen) atoms. The largest absolute Gasteiger partial charge is 0.471 e. The van der Waals surface area contributed by atoms with E-state index in [0.29, 0.717) is 0 Å². The van der Waals surface area contributed by atoms with Gasteiger partial charge in [0.2, 0.25) is 5.88 Å². The summed E-state index contributed by atoms with van der Waals surface area (Å²) < 4.78 is 6.11. The van der Waals surface area contributed by atoms with E-state index >= 15 is 0 Å². The lowest BCUT2D eigenvalue weighted by molar-refractivity contribution is 0.101. The van der Waals surface area contributed by atoms with Gasteiger partial charge in [0.1, 0.15) is 5.60 Å². The zero-order valence-electron chi connectivity index (χ0n) is 12.2. The van der Waals surface area contributed by atoms with Crippen LogP contribution in [0.25, 0.3) is 10.8 Å². The molecule has 0 saturated carbocycles. The van der Waals surface area contributed by atoms with E-state index in [0.717, 1.165) is 29.9 Å². The van der Waals surface area contributed by atoms with E-state index in [4.69, 9.17) is 4.74 Å². The molecule has 0 radical (unpaired) electrons. The number of aromatic nitrogens is 1. The van der Waals surface area contributed by atoms with Crippen molar-refractivity contribution in [3.8, 4) is 5.88 Å². The standard InChI is InChI=1S/C16H22N2O/c1-5-16(2,3)19-15-14-9-7-6-8-12(14)10-13(18-15)11-17-4/h6-10,17H,5,11H2,1-4H3. The van der Waals surface area contributed by atoms with Crippen molar-refractivity contribution in [1.82, 2.24) is 10.3 Å². The first-order valence-electron chi connectivity index (χ1n) is 6.78. The number of benzene rings is 1. The van der Waals surface area contributed by atoms with Crippen molar-refractivity contribution >= 4 is 10.8 Å². The average molecular weight is 258 g/mol. The summed E-state index contributed by atoms with van der Waals surface area (Å²) in [4.78, 5) is 4.64. The predicted octanol–water partition coefficient (Wildman–Crippen LogP) is 3.52. The van der Waals surface area contributed by atoms with Crippen LogP contribution in [0.2, 0.25) is 0 Å². The molecule has 0 fully saturated rings. The molecule has 0 atom stereocenters. The molecule has 0 spiro atoms. The molecule has 0 aliphatic heterocycles. The maximum atomic E-state index is 6.11. The lowest BCUT2D eigenvalue weighted by atomic mass is 10.1. The van der Waals surface area contributed by atoms with Crippen molar-refractivity contribution in [2.45, 2.75) is 39.3 Å². The van der Waals surface area contributed by atoms with Crippen LogP contribution in [0.4, 0.5) is 0 Å². The molecule has 102 valence electrons. The van der Waals surface area contributed by atoms with E-state index in [1.165, 1.54) is 5.39 Å². The van der Waals surface area contributed by atoms with Crippen molar-refractivity contribution in [2.24, 2.45) is 0 Å². The van der Waals surface area contributed by atoms with E-state index in [1.807, 2.05) is 19.2 Å². The Labute approximate surface area is 115 Å². The first-order valence-corrected chi connectivity index (χ1v) is 6.78. The maximum absolute atomic E-state index is 6.11. The van der Waals surface area contributed by atoms with Crippen LogP contribution in [-0.4, -0.2) is 17.6 Å². The second-order valence-corrected chi connectivity index (χ2v) is 5.39. The predicted molar refractivity (Wildman–Crippen MR) is 79.5 cm³/mol. The highest BCUT2D eigenvalue weighted by molar-refractivity contribution is 5.87. The molecule has 2 aromatic rings. The molecule has 0 unspecified atom stereocenters. The lowest BCUT2D eigenvalue weighted by Gasteiger charge is -2.25. The number of hydrogen-bond donors (Lipinski definition) is 1. The second kappa shape index (κ2) is 5.57. The van der Waals surface area contributed by atoms with Crippen LogP contribution in [-0.2, 0) is 6.54 Å². The van der Waals surface area contributed by atoms with Gasteiger partial charge in [0.25, 0.3) is 0 Å². The van der Waals surface area contributed by atoms with Gasteiger partial charge in [0.15, 0.2) is 0 Å². The number of nitrogens with zero attached hydrogens (tertiary/aromatic N) is 1. The topological polar surface area (TPSA) is 34.1 Å². The second-order valence-electron chi connectivity index (χ2n) is 5.39. The maximum Gasteiger partial charge on any atom is 0.222 e. The molecule has 3 nitrogen and oxygen atoms in total. The molecule has 3 heteroatoms. The van der Waals surface area contributed by atoms with E-state index in [-0.39, 0.29) is 5.60 Å². The van der Waals surface area contributed by atoms with Crippen molar-refractivity contribution in [3.05, 3.63) is 36.0 Å². The third kappa shape index (κ3) is 3.24. The third-order valence-corrected chi connectivity index (χ3v) is 3.34. The molecule has 0 aliphatic rings. The van der Waals surface area contributed by atoms with Crippen molar-refractivity contribution in [2.75, 3.05) is 7.05 Å². The summed E-state index contributed by atoms with van der Waals surface area (Å²) in [5.41, 5.74) is 0.803. The normalized spacial score (nSPS) is 11.8. The average Bonchev–Trinajstić information content (AvgIpc) is 2.39. The van der Waals surface area contributed by atoms with E-state index < -0.39 is 0 Å². The Hall–Kier alpha value is -1.61. The molecule has 0 amide bonds. The Morgan fingerprint density at radius 1 is 1.26 bits per heavy atom. The first-order chi connectivity index (χ1) is 9.05. The van der Waals surface area contributed by atoms with Gasteiger partial charge in [-0.2, -0.15) is 0 Å². The summed E-state index contributed by atoms with van der Waals surface area (Å²) in [6.07, 6.45) is 0.944. The fourth-order valence-corrected chi connectivity index (χ4v) is 1.90. The summed E-state index contributed by atoms with van der Waals surface area (Å²) in [6, 6.07) is 10.3. The van der Waals surface area contributed by atoms with E-state index in [2.05, 4.69) is 49.3 Å².